The van der Waals surface area contributed by atoms with E-state index in [0.717, 1.165) is 10.6 Å². The third kappa shape index (κ3) is 4.78. The molecular weight excluding hydrogens is 302 g/mol. The number of carbonyl (C=O) groups is 1. The van der Waals surface area contributed by atoms with Gasteiger partial charge in [0.05, 0.1) is 20.1 Å². The number of benzene rings is 1. The minimum Gasteiger partial charge on any atom is -0.496 e. The predicted molar refractivity (Wildman–Crippen MR) is 85.4 cm³/mol. The highest BCUT2D eigenvalue weighted by Crippen LogP contribution is 2.20. The zero-order valence-corrected chi connectivity index (χ0v) is 13.5. The maximum atomic E-state index is 12.1. The van der Waals surface area contributed by atoms with Crippen LogP contribution in [0.2, 0.25) is 0 Å². The summed E-state index contributed by atoms with van der Waals surface area (Å²) in [5.41, 5.74) is 0.837. The van der Waals surface area contributed by atoms with Crippen molar-refractivity contribution in [3.05, 3.63) is 34.8 Å². The molecule has 0 unspecified atom stereocenters. The van der Waals surface area contributed by atoms with E-state index >= 15 is 0 Å². The van der Waals surface area contributed by atoms with Crippen LogP contribution in [0, 0.1) is 0 Å². The molecule has 0 fully saturated rings. The maximum Gasteiger partial charge on any atom is 0.230 e. The number of rotatable bonds is 8. The Hall–Kier alpha value is -1.99. The molecule has 6 nitrogen and oxygen atoms in total. The fourth-order valence-electron chi connectivity index (χ4n) is 1.89. The molecule has 0 bridgehead atoms. The van der Waals surface area contributed by atoms with Crippen LogP contribution in [0.3, 0.4) is 0 Å². The summed E-state index contributed by atoms with van der Waals surface area (Å²) in [6.45, 7) is 3.24. The number of para-hydroxylation sites is 1. The van der Waals surface area contributed by atoms with Crippen molar-refractivity contribution in [1.29, 1.82) is 0 Å². The van der Waals surface area contributed by atoms with E-state index in [4.69, 9.17) is 9.47 Å². The van der Waals surface area contributed by atoms with Crippen molar-refractivity contribution < 1.29 is 14.3 Å². The lowest BCUT2D eigenvalue weighted by atomic mass is 10.1. The van der Waals surface area contributed by atoms with E-state index in [1.54, 1.807) is 7.11 Å². The molecule has 2 aromatic rings. The Labute approximate surface area is 133 Å². The molecule has 7 heteroatoms. The third-order valence-electron chi connectivity index (χ3n) is 2.92. The number of carbonyl (C=O) groups excluding carboxylic acids is 1. The number of aromatic nitrogens is 2. The number of ether oxygens (including phenoxy) is 2. The quantitative estimate of drug-likeness (QED) is 0.755. The average molecular weight is 321 g/mol. The van der Waals surface area contributed by atoms with Gasteiger partial charge in [0.2, 0.25) is 11.0 Å². The van der Waals surface area contributed by atoms with Gasteiger partial charge in [-0.1, -0.05) is 29.5 Å². The molecule has 1 heterocycles. The fraction of sp³-hybridized carbons (Fsp3) is 0.400. The molecule has 2 rings (SSSR count). The van der Waals surface area contributed by atoms with Crippen LogP contribution in [-0.4, -0.2) is 36.4 Å². The average Bonchev–Trinajstić information content (AvgIpc) is 2.95. The summed E-state index contributed by atoms with van der Waals surface area (Å²) in [6, 6.07) is 7.45. The van der Waals surface area contributed by atoms with E-state index in [1.165, 1.54) is 11.3 Å². The van der Waals surface area contributed by atoms with Crippen LogP contribution in [0.1, 0.15) is 17.5 Å². The zero-order valence-electron chi connectivity index (χ0n) is 12.7. The molecule has 0 saturated carbocycles. The van der Waals surface area contributed by atoms with Gasteiger partial charge in [-0.3, -0.25) is 4.79 Å². The SMILES string of the molecule is CCOCCc1nnc(NC(=O)Cc2ccccc2OC)s1. The first-order valence-electron chi connectivity index (χ1n) is 7.04. The number of amides is 1. The normalized spacial score (nSPS) is 10.5. The van der Waals surface area contributed by atoms with Gasteiger partial charge in [-0.05, 0) is 13.0 Å². The predicted octanol–water partition coefficient (Wildman–Crippen LogP) is 2.31. The highest BCUT2D eigenvalue weighted by Gasteiger charge is 2.11. The topological polar surface area (TPSA) is 73.3 Å². The highest BCUT2D eigenvalue weighted by atomic mass is 32.1. The van der Waals surface area contributed by atoms with E-state index < -0.39 is 0 Å². The Bertz CT molecular complexity index is 616. The third-order valence-corrected chi connectivity index (χ3v) is 3.82. The molecule has 0 spiro atoms. The van der Waals surface area contributed by atoms with Crippen LogP contribution in [0.15, 0.2) is 24.3 Å². The number of hydrogen-bond donors (Lipinski definition) is 1. The second-order valence-corrected chi connectivity index (χ2v) is 5.55. The zero-order chi connectivity index (χ0) is 15.8. The molecule has 1 aromatic heterocycles. The molecule has 0 aliphatic rings. The lowest BCUT2D eigenvalue weighted by molar-refractivity contribution is -0.115. The Morgan fingerprint density at radius 3 is 2.91 bits per heavy atom. The first kappa shape index (κ1) is 16.4. The van der Waals surface area contributed by atoms with Crippen LogP contribution < -0.4 is 10.1 Å². The number of nitrogens with zero attached hydrogens (tertiary/aromatic N) is 2. The summed E-state index contributed by atoms with van der Waals surface area (Å²) in [5.74, 6) is 0.560. The van der Waals surface area contributed by atoms with E-state index in [9.17, 15) is 4.79 Å². The summed E-state index contributed by atoms with van der Waals surface area (Å²) in [7, 11) is 1.59. The van der Waals surface area contributed by atoms with Crippen molar-refractivity contribution in [2.75, 3.05) is 25.6 Å². The Kier molecular flexibility index (Phi) is 6.29. The van der Waals surface area contributed by atoms with Gasteiger partial charge in [-0.2, -0.15) is 0 Å². The molecule has 0 saturated heterocycles. The van der Waals surface area contributed by atoms with Crippen LogP contribution >= 0.6 is 11.3 Å². The van der Waals surface area contributed by atoms with Gasteiger partial charge in [0, 0.05) is 18.6 Å². The Balaban J connectivity index is 1.89. The maximum absolute atomic E-state index is 12.1. The lowest BCUT2D eigenvalue weighted by Crippen LogP contribution is -2.14. The number of hydrogen-bond acceptors (Lipinski definition) is 6. The summed E-state index contributed by atoms with van der Waals surface area (Å²) >= 11 is 1.37. The van der Waals surface area contributed by atoms with Crippen LogP contribution in [-0.2, 0) is 22.4 Å². The molecule has 0 atom stereocenters. The highest BCUT2D eigenvalue weighted by molar-refractivity contribution is 7.15. The molecule has 0 radical (unpaired) electrons. The second-order valence-electron chi connectivity index (χ2n) is 4.48. The molecule has 1 amide bonds. The Morgan fingerprint density at radius 1 is 1.32 bits per heavy atom. The molecular formula is C15H19N3O3S. The van der Waals surface area contributed by atoms with Gasteiger partial charge in [-0.25, -0.2) is 0 Å². The molecule has 0 aliphatic heterocycles. The van der Waals surface area contributed by atoms with Crippen molar-refractivity contribution in [3.63, 3.8) is 0 Å². The smallest absolute Gasteiger partial charge is 0.230 e. The summed E-state index contributed by atoms with van der Waals surface area (Å²) < 4.78 is 10.5. The minimum atomic E-state index is -0.142. The van der Waals surface area contributed by atoms with Crippen molar-refractivity contribution in [3.8, 4) is 5.75 Å². The summed E-state index contributed by atoms with van der Waals surface area (Å²) in [4.78, 5) is 12.1. The largest absolute Gasteiger partial charge is 0.496 e. The van der Waals surface area contributed by atoms with Crippen molar-refractivity contribution in [2.45, 2.75) is 19.8 Å². The summed E-state index contributed by atoms with van der Waals surface area (Å²) in [6.07, 6.45) is 0.936. The Morgan fingerprint density at radius 2 is 2.14 bits per heavy atom. The molecule has 118 valence electrons. The standard InChI is InChI=1S/C15H19N3O3S/c1-3-21-9-8-14-17-18-15(22-14)16-13(19)10-11-6-4-5-7-12(11)20-2/h4-7H,3,8-10H2,1-2H3,(H,16,18,19). The first-order chi connectivity index (χ1) is 10.7. The number of anilines is 1. The van der Waals surface area contributed by atoms with Crippen LogP contribution in [0.5, 0.6) is 5.75 Å². The first-order valence-corrected chi connectivity index (χ1v) is 7.86. The summed E-state index contributed by atoms with van der Waals surface area (Å²) in [5, 5.41) is 12.1. The molecule has 0 aliphatic carbocycles. The molecule has 22 heavy (non-hydrogen) atoms. The monoisotopic (exact) mass is 321 g/mol. The molecule has 1 N–H and O–H groups in total. The minimum absolute atomic E-state index is 0.142. The fourth-order valence-corrected chi connectivity index (χ4v) is 2.63. The van der Waals surface area contributed by atoms with Gasteiger partial charge in [0.15, 0.2) is 0 Å². The van der Waals surface area contributed by atoms with Crippen molar-refractivity contribution >= 4 is 22.4 Å². The molecule has 1 aromatic carbocycles. The second kappa shape index (κ2) is 8.45. The van der Waals surface area contributed by atoms with Crippen molar-refractivity contribution in [2.24, 2.45) is 0 Å². The van der Waals surface area contributed by atoms with E-state index in [1.807, 2.05) is 31.2 Å². The van der Waals surface area contributed by atoms with Gasteiger partial charge in [0.1, 0.15) is 10.8 Å². The van der Waals surface area contributed by atoms with Crippen LogP contribution in [0.4, 0.5) is 5.13 Å². The number of nitrogens with one attached hydrogen (secondary N) is 1. The van der Waals surface area contributed by atoms with Gasteiger partial charge < -0.3 is 14.8 Å². The van der Waals surface area contributed by atoms with E-state index in [0.29, 0.717) is 30.5 Å². The van der Waals surface area contributed by atoms with Gasteiger partial charge in [-0.15, -0.1) is 10.2 Å². The van der Waals surface area contributed by atoms with Gasteiger partial charge in [0.25, 0.3) is 0 Å². The van der Waals surface area contributed by atoms with E-state index in [-0.39, 0.29) is 12.3 Å². The van der Waals surface area contributed by atoms with Gasteiger partial charge >= 0.3 is 0 Å². The lowest BCUT2D eigenvalue weighted by Gasteiger charge is -2.07. The van der Waals surface area contributed by atoms with Crippen LogP contribution in [0.25, 0.3) is 0 Å². The van der Waals surface area contributed by atoms with E-state index in [2.05, 4.69) is 15.5 Å². The number of methoxy groups -OCH3 is 1. The van der Waals surface area contributed by atoms with Crippen molar-refractivity contribution in [1.82, 2.24) is 10.2 Å².